The second kappa shape index (κ2) is 55.2. The Hall–Kier alpha value is -1.94. The molecule has 0 aromatic carbocycles. The summed E-state index contributed by atoms with van der Waals surface area (Å²) in [6.45, 7) is 13.9. The Morgan fingerprint density at radius 3 is 0.738 bits per heavy atom. The van der Waals surface area contributed by atoms with Gasteiger partial charge in [-0.3, -0.25) is 37.3 Å². The molecule has 0 saturated heterocycles. The first-order valence-corrected chi connectivity index (χ1v) is 36.7. The van der Waals surface area contributed by atoms with Crippen LogP contribution in [0.3, 0.4) is 0 Å². The second-order valence-corrected chi connectivity index (χ2v) is 28.3. The van der Waals surface area contributed by atoms with E-state index in [4.69, 9.17) is 37.0 Å². The molecule has 0 amide bonds. The zero-order chi connectivity index (χ0) is 62.5. The van der Waals surface area contributed by atoms with Gasteiger partial charge in [-0.15, -0.1) is 0 Å². The van der Waals surface area contributed by atoms with E-state index in [9.17, 15) is 43.2 Å². The van der Waals surface area contributed by atoms with Gasteiger partial charge in [-0.1, -0.05) is 261 Å². The summed E-state index contributed by atoms with van der Waals surface area (Å²) in [6.07, 6.45) is 35.2. The first-order valence-electron chi connectivity index (χ1n) is 33.7. The number of aliphatic hydroxyl groups excluding tert-OH is 1. The fourth-order valence-corrected chi connectivity index (χ4v) is 11.2. The van der Waals surface area contributed by atoms with E-state index in [1.807, 2.05) is 0 Å². The van der Waals surface area contributed by atoms with Crippen LogP contribution in [0, 0.1) is 23.7 Å². The monoisotopic (exact) mass is 1240 g/mol. The molecule has 498 valence electrons. The molecule has 0 fully saturated rings. The van der Waals surface area contributed by atoms with Crippen molar-refractivity contribution < 1.29 is 80.2 Å². The molecule has 0 spiro atoms. The molecular weight excluding hydrogens is 1110 g/mol. The van der Waals surface area contributed by atoms with E-state index in [-0.39, 0.29) is 25.7 Å². The van der Waals surface area contributed by atoms with E-state index >= 15 is 0 Å². The average Bonchev–Trinajstić information content (AvgIpc) is 3.57. The van der Waals surface area contributed by atoms with Crippen LogP contribution in [-0.2, 0) is 65.4 Å². The molecule has 3 N–H and O–H groups in total. The Kier molecular flexibility index (Phi) is 53.9. The van der Waals surface area contributed by atoms with E-state index in [0.29, 0.717) is 43.4 Å². The number of aliphatic hydroxyl groups is 1. The van der Waals surface area contributed by atoms with Crippen LogP contribution in [0.2, 0.25) is 0 Å². The number of unbranched alkanes of at least 4 members (excludes halogenated alkanes) is 28. The van der Waals surface area contributed by atoms with E-state index in [1.54, 1.807) is 0 Å². The summed E-state index contributed by atoms with van der Waals surface area (Å²) in [6, 6.07) is 0. The van der Waals surface area contributed by atoms with Gasteiger partial charge in [-0.05, 0) is 49.4 Å². The molecule has 17 nitrogen and oxygen atoms in total. The number of carbonyl (C=O) groups is 4. The summed E-state index contributed by atoms with van der Waals surface area (Å²) in [7, 11) is -9.89. The number of ether oxygens (including phenoxy) is 4. The summed E-state index contributed by atoms with van der Waals surface area (Å²) in [4.78, 5) is 72.2. The molecular formula is C65H126O17P2. The first-order chi connectivity index (χ1) is 40.1. The van der Waals surface area contributed by atoms with Crippen molar-refractivity contribution in [3.63, 3.8) is 0 Å². The van der Waals surface area contributed by atoms with E-state index in [0.717, 1.165) is 109 Å². The lowest BCUT2D eigenvalue weighted by atomic mass is 10.0. The zero-order valence-electron chi connectivity index (χ0n) is 54.5. The number of esters is 4. The minimum Gasteiger partial charge on any atom is -0.462 e. The molecule has 0 aromatic heterocycles. The van der Waals surface area contributed by atoms with E-state index < -0.39 is 97.5 Å². The molecule has 0 saturated carbocycles. The van der Waals surface area contributed by atoms with Crippen molar-refractivity contribution in [2.75, 3.05) is 39.6 Å². The van der Waals surface area contributed by atoms with Crippen molar-refractivity contribution in [2.24, 2.45) is 23.7 Å². The standard InChI is InChI=1S/C65H126O17P2/c1-55(2)41-33-25-17-13-11-9-10-12-14-20-31-39-47-64(69)81-61(52-76-63(68)46-38-30-24-23-28-36-44-58(7)8)54-80-84(73,74)78-50-59(66)49-77-83(71,72)79-53-60(82-65(70)48-40-32-22-16-19-27-35-43-57(5)6)51-75-62(67)45-37-29-21-15-18-26-34-42-56(3)4/h55-61,66H,9-54H2,1-8H3,(H,71,72)(H,73,74)/t59-,60-,61-/m1/s1. The molecule has 2 unspecified atom stereocenters. The minimum atomic E-state index is -4.95. The lowest BCUT2D eigenvalue weighted by molar-refractivity contribution is -0.161. The summed E-state index contributed by atoms with van der Waals surface area (Å²) in [5.74, 6) is 0.716. The summed E-state index contributed by atoms with van der Waals surface area (Å²) in [5, 5.41) is 10.5. The highest BCUT2D eigenvalue weighted by atomic mass is 31.2. The Bertz CT molecular complexity index is 1680. The quantitative estimate of drug-likeness (QED) is 0.0222. The topological polar surface area (TPSA) is 237 Å². The van der Waals surface area contributed by atoms with Gasteiger partial charge in [0.15, 0.2) is 12.2 Å². The molecule has 19 heteroatoms. The smallest absolute Gasteiger partial charge is 0.462 e. The third-order valence-electron chi connectivity index (χ3n) is 14.8. The van der Waals surface area contributed by atoms with Crippen molar-refractivity contribution in [3.05, 3.63) is 0 Å². The van der Waals surface area contributed by atoms with Crippen LogP contribution >= 0.6 is 15.6 Å². The predicted molar refractivity (Wildman–Crippen MR) is 335 cm³/mol. The lowest BCUT2D eigenvalue weighted by Gasteiger charge is -2.21. The van der Waals surface area contributed by atoms with Crippen molar-refractivity contribution in [2.45, 2.75) is 331 Å². The van der Waals surface area contributed by atoms with Crippen LogP contribution in [-0.4, -0.2) is 96.7 Å². The average molecular weight is 1240 g/mol. The fourth-order valence-electron chi connectivity index (χ4n) is 9.61. The molecule has 0 aromatic rings. The second-order valence-electron chi connectivity index (χ2n) is 25.4. The van der Waals surface area contributed by atoms with E-state index in [2.05, 4.69) is 55.4 Å². The number of hydrogen-bond acceptors (Lipinski definition) is 15. The SMILES string of the molecule is CC(C)CCCCCCCCCCCCCCC(=O)O[C@H](COC(=O)CCCCCCCCC(C)C)COP(=O)(O)OC[C@H](O)COP(=O)(O)OC[C@@H](COC(=O)CCCCCCCCCC(C)C)OC(=O)CCCCCCCCCC(C)C. The summed E-state index contributed by atoms with van der Waals surface area (Å²) >= 11 is 0. The van der Waals surface area contributed by atoms with Crippen molar-refractivity contribution >= 4 is 39.5 Å². The highest BCUT2D eigenvalue weighted by Crippen LogP contribution is 2.45. The van der Waals surface area contributed by atoms with Crippen LogP contribution < -0.4 is 0 Å². The number of phosphoric ester groups is 2. The van der Waals surface area contributed by atoms with Crippen LogP contribution in [0.4, 0.5) is 0 Å². The maximum Gasteiger partial charge on any atom is 0.472 e. The Morgan fingerprint density at radius 1 is 0.298 bits per heavy atom. The highest BCUT2D eigenvalue weighted by Gasteiger charge is 2.30. The van der Waals surface area contributed by atoms with Gasteiger partial charge >= 0.3 is 39.5 Å². The van der Waals surface area contributed by atoms with Gasteiger partial charge in [0.25, 0.3) is 0 Å². The summed E-state index contributed by atoms with van der Waals surface area (Å²) < 4.78 is 68.0. The molecule has 0 bridgehead atoms. The Labute approximate surface area is 511 Å². The number of carbonyl (C=O) groups excluding carboxylic acids is 4. The molecule has 0 aliphatic rings. The largest absolute Gasteiger partial charge is 0.472 e. The Balaban J connectivity index is 5.23. The third-order valence-corrected chi connectivity index (χ3v) is 16.7. The molecule has 0 aliphatic carbocycles. The first kappa shape index (κ1) is 82.1. The molecule has 0 heterocycles. The third kappa shape index (κ3) is 59.0. The van der Waals surface area contributed by atoms with Gasteiger partial charge in [0.05, 0.1) is 26.4 Å². The molecule has 84 heavy (non-hydrogen) atoms. The minimum absolute atomic E-state index is 0.102. The summed E-state index contributed by atoms with van der Waals surface area (Å²) in [5.41, 5.74) is 0. The molecule has 0 radical (unpaired) electrons. The van der Waals surface area contributed by atoms with Crippen molar-refractivity contribution in [1.82, 2.24) is 0 Å². The molecule has 5 atom stereocenters. The van der Waals surface area contributed by atoms with Gasteiger partial charge in [0.2, 0.25) is 0 Å². The van der Waals surface area contributed by atoms with Gasteiger partial charge in [0.1, 0.15) is 19.3 Å². The predicted octanol–water partition coefficient (Wildman–Crippen LogP) is 17.8. The van der Waals surface area contributed by atoms with Crippen molar-refractivity contribution in [3.8, 4) is 0 Å². The normalized spacial score (nSPS) is 14.4. The van der Waals surface area contributed by atoms with Gasteiger partial charge in [0, 0.05) is 25.7 Å². The van der Waals surface area contributed by atoms with Crippen LogP contribution in [0.5, 0.6) is 0 Å². The Morgan fingerprint density at radius 2 is 0.500 bits per heavy atom. The lowest BCUT2D eigenvalue weighted by Crippen LogP contribution is -2.30. The van der Waals surface area contributed by atoms with Gasteiger partial charge in [-0.25, -0.2) is 9.13 Å². The van der Waals surface area contributed by atoms with Crippen LogP contribution in [0.1, 0.15) is 312 Å². The molecule has 0 aliphatic heterocycles. The van der Waals surface area contributed by atoms with Gasteiger partial charge < -0.3 is 33.8 Å². The van der Waals surface area contributed by atoms with Crippen LogP contribution in [0.15, 0.2) is 0 Å². The van der Waals surface area contributed by atoms with Gasteiger partial charge in [-0.2, -0.15) is 0 Å². The maximum atomic E-state index is 13.0. The number of hydrogen-bond donors (Lipinski definition) is 3. The number of rotatable bonds is 62. The fraction of sp³-hybridized carbons (Fsp3) is 0.938. The zero-order valence-corrected chi connectivity index (χ0v) is 56.3. The van der Waals surface area contributed by atoms with E-state index in [1.165, 1.54) is 103 Å². The number of phosphoric acid groups is 2. The highest BCUT2D eigenvalue weighted by molar-refractivity contribution is 7.47. The maximum absolute atomic E-state index is 13.0. The van der Waals surface area contributed by atoms with Crippen LogP contribution in [0.25, 0.3) is 0 Å². The van der Waals surface area contributed by atoms with Crippen molar-refractivity contribution in [1.29, 1.82) is 0 Å². The molecule has 0 rings (SSSR count).